The van der Waals surface area contributed by atoms with E-state index >= 15 is 0 Å². The Morgan fingerprint density at radius 3 is 2.77 bits per heavy atom. The smallest absolute Gasteiger partial charge is 0.291 e. The first-order valence-corrected chi connectivity index (χ1v) is 10.3. The van der Waals surface area contributed by atoms with Crippen LogP contribution in [0.1, 0.15) is 37.7 Å². The van der Waals surface area contributed by atoms with E-state index in [1.165, 1.54) is 0 Å². The first-order chi connectivity index (χ1) is 14.8. The Morgan fingerprint density at radius 1 is 1.23 bits per heavy atom. The lowest BCUT2D eigenvalue weighted by Crippen LogP contribution is -2.42. The van der Waals surface area contributed by atoms with Crippen LogP contribution in [0.2, 0.25) is 0 Å². The van der Waals surface area contributed by atoms with Crippen LogP contribution >= 0.6 is 0 Å². The van der Waals surface area contributed by atoms with Crippen molar-refractivity contribution in [1.29, 1.82) is 0 Å². The number of hydrogen-bond acceptors (Lipinski definition) is 5. The molecule has 7 nitrogen and oxygen atoms in total. The van der Waals surface area contributed by atoms with Crippen LogP contribution in [0.3, 0.4) is 0 Å². The predicted octanol–water partition coefficient (Wildman–Crippen LogP) is 4.86. The second kappa shape index (κ2) is 7.98. The van der Waals surface area contributed by atoms with Gasteiger partial charge in [-0.05, 0) is 44.5 Å². The summed E-state index contributed by atoms with van der Waals surface area (Å²) in [5.41, 5.74) is 1.16. The molecule has 1 N–H and O–H groups in total. The molecule has 0 aliphatic carbocycles. The molecule has 0 saturated heterocycles. The zero-order valence-corrected chi connectivity index (χ0v) is 18.2. The number of benzene rings is 2. The molecule has 2 amide bonds. The quantitative estimate of drug-likeness (QED) is 0.635. The molecule has 2 heterocycles. The Bertz CT molecular complexity index is 1150. The first-order valence-electron chi connectivity index (χ1n) is 10.3. The summed E-state index contributed by atoms with van der Waals surface area (Å²) in [6.07, 6.45) is 0.829. The number of fused-ring (bicyclic) bond motifs is 2. The van der Waals surface area contributed by atoms with Crippen LogP contribution in [0.4, 0.5) is 11.4 Å². The highest BCUT2D eigenvalue weighted by molar-refractivity contribution is 6.06. The van der Waals surface area contributed by atoms with Gasteiger partial charge in [-0.1, -0.05) is 19.1 Å². The van der Waals surface area contributed by atoms with Gasteiger partial charge >= 0.3 is 0 Å². The minimum absolute atomic E-state index is 0.0288. The summed E-state index contributed by atoms with van der Waals surface area (Å²) in [5.74, 6) is 0.962. The third kappa shape index (κ3) is 3.83. The van der Waals surface area contributed by atoms with Crippen molar-refractivity contribution < 1.29 is 23.5 Å². The highest BCUT2D eigenvalue weighted by atomic mass is 16.5. The Balaban J connectivity index is 1.62. The Kier molecular flexibility index (Phi) is 5.35. The molecule has 0 radical (unpaired) electrons. The highest BCUT2D eigenvalue weighted by Gasteiger charge is 2.37. The van der Waals surface area contributed by atoms with Crippen molar-refractivity contribution in [3.05, 3.63) is 48.2 Å². The number of anilines is 2. The average Bonchev–Trinajstić information content (AvgIpc) is 3.17. The minimum Gasteiger partial charge on any atom is -0.493 e. The molecule has 0 saturated carbocycles. The second-order valence-electron chi connectivity index (χ2n) is 8.26. The van der Waals surface area contributed by atoms with E-state index < -0.39 is 5.41 Å². The molecule has 4 rings (SSSR count). The van der Waals surface area contributed by atoms with Gasteiger partial charge in [0.2, 0.25) is 5.91 Å². The second-order valence-corrected chi connectivity index (χ2v) is 8.26. The van der Waals surface area contributed by atoms with Crippen molar-refractivity contribution in [2.75, 3.05) is 30.5 Å². The summed E-state index contributed by atoms with van der Waals surface area (Å²) >= 11 is 0. The molecule has 0 unspecified atom stereocenters. The summed E-state index contributed by atoms with van der Waals surface area (Å²) < 4.78 is 17.0. The molecule has 1 aliphatic rings. The van der Waals surface area contributed by atoms with Crippen molar-refractivity contribution in [3.8, 4) is 11.5 Å². The van der Waals surface area contributed by atoms with Gasteiger partial charge in [-0.2, -0.15) is 0 Å². The Morgan fingerprint density at radius 2 is 2.03 bits per heavy atom. The van der Waals surface area contributed by atoms with E-state index in [1.54, 1.807) is 36.3 Å². The Labute approximate surface area is 180 Å². The monoisotopic (exact) mass is 422 g/mol. The SMILES string of the molecule is CCCN1C(=O)C(C)(C)COc2cc(NC(=O)c3cc4cccc(OC)c4o3)ccc21. The normalized spacial score (nSPS) is 15.2. The van der Waals surface area contributed by atoms with Crippen LogP contribution < -0.4 is 19.7 Å². The van der Waals surface area contributed by atoms with Gasteiger partial charge in [-0.15, -0.1) is 0 Å². The third-order valence-electron chi connectivity index (χ3n) is 5.32. The van der Waals surface area contributed by atoms with Crippen LogP contribution in [-0.2, 0) is 4.79 Å². The van der Waals surface area contributed by atoms with E-state index in [-0.39, 0.29) is 24.2 Å². The van der Waals surface area contributed by atoms with E-state index in [2.05, 4.69) is 5.32 Å². The lowest BCUT2D eigenvalue weighted by Gasteiger charge is -2.27. The van der Waals surface area contributed by atoms with E-state index in [1.807, 2.05) is 39.0 Å². The van der Waals surface area contributed by atoms with Gasteiger partial charge < -0.3 is 24.1 Å². The number of amides is 2. The maximum absolute atomic E-state index is 13.0. The van der Waals surface area contributed by atoms with Crippen LogP contribution in [0, 0.1) is 5.41 Å². The molecule has 2 aromatic carbocycles. The maximum Gasteiger partial charge on any atom is 0.291 e. The van der Waals surface area contributed by atoms with Crippen LogP contribution in [0.15, 0.2) is 46.9 Å². The number of nitrogens with one attached hydrogen (secondary N) is 1. The molecular weight excluding hydrogens is 396 g/mol. The number of para-hydroxylation sites is 1. The minimum atomic E-state index is -0.634. The number of furan rings is 1. The fraction of sp³-hybridized carbons (Fsp3) is 0.333. The van der Waals surface area contributed by atoms with Crippen molar-refractivity contribution >= 4 is 34.2 Å². The average molecular weight is 422 g/mol. The molecule has 1 aliphatic heterocycles. The molecule has 0 bridgehead atoms. The number of rotatable bonds is 5. The molecule has 0 spiro atoms. The molecular formula is C24H26N2O5. The van der Waals surface area contributed by atoms with Crippen LogP contribution in [0.5, 0.6) is 11.5 Å². The van der Waals surface area contributed by atoms with Gasteiger partial charge in [-0.3, -0.25) is 9.59 Å². The van der Waals surface area contributed by atoms with Crippen LogP contribution in [-0.4, -0.2) is 32.1 Å². The van der Waals surface area contributed by atoms with E-state index in [0.29, 0.717) is 35.0 Å². The third-order valence-corrected chi connectivity index (χ3v) is 5.32. The number of ether oxygens (including phenoxy) is 2. The van der Waals surface area contributed by atoms with Gasteiger partial charge in [0, 0.05) is 23.7 Å². The summed E-state index contributed by atoms with van der Waals surface area (Å²) in [4.78, 5) is 27.5. The van der Waals surface area contributed by atoms with E-state index in [0.717, 1.165) is 11.8 Å². The summed E-state index contributed by atoms with van der Waals surface area (Å²) in [6, 6.07) is 12.5. The number of carbonyl (C=O) groups is 2. The molecule has 7 heteroatoms. The number of carbonyl (C=O) groups excluding carboxylic acids is 2. The highest BCUT2D eigenvalue weighted by Crippen LogP contribution is 2.38. The van der Waals surface area contributed by atoms with Gasteiger partial charge in [0.1, 0.15) is 12.4 Å². The van der Waals surface area contributed by atoms with E-state index in [9.17, 15) is 9.59 Å². The zero-order valence-electron chi connectivity index (χ0n) is 18.2. The summed E-state index contributed by atoms with van der Waals surface area (Å²) in [7, 11) is 1.56. The first kappa shape index (κ1) is 20.8. The van der Waals surface area contributed by atoms with Crippen LogP contribution in [0.25, 0.3) is 11.0 Å². The number of nitrogens with zero attached hydrogens (tertiary/aromatic N) is 1. The van der Waals surface area contributed by atoms with Crippen molar-refractivity contribution in [1.82, 2.24) is 0 Å². The predicted molar refractivity (Wildman–Crippen MR) is 119 cm³/mol. The standard InChI is InChI=1S/C24H26N2O5/c1-5-11-26-17-10-9-16(13-19(17)30-14-24(2,3)23(26)28)25-22(27)20-12-15-7-6-8-18(29-4)21(15)31-20/h6-10,12-13H,5,11,14H2,1-4H3,(H,25,27). The summed E-state index contributed by atoms with van der Waals surface area (Å²) in [5, 5.41) is 3.63. The number of methoxy groups -OCH3 is 1. The van der Waals surface area contributed by atoms with Crippen molar-refractivity contribution in [2.45, 2.75) is 27.2 Å². The molecule has 0 atom stereocenters. The summed E-state index contributed by atoms with van der Waals surface area (Å²) in [6.45, 7) is 6.65. The van der Waals surface area contributed by atoms with Gasteiger partial charge in [0.15, 0.2) is 17.1 Å². The zero-order chi connectivity index (χ0) is 22.2. The fourth-order valence-corrected chi connectivity index (χ4v) is 3.67. The van der Waals surface area contributed by atoms with Gasteiger partial charge in [-0.25, -0.2) is 0 Å². The Hall–Kier alpha value is -3.48. The topological polar surface area (TPSA) is 81.0 Å². The fourth-order valence-electron chi connectivity index (χ4n) is 3.67. The van der Waals surface area contributed by atoms with Gasteiger partial charge in [0.05, 0.1) is 18.2 Å². The van der Waals surface area contributed by atoms with Gasteiger partial charge in [0.25, 0.3) is 5.91 Å². The van der Waals surface area contributed by atoms with E-state index in [4.69, 9.17) is 13.9 Å². The lowest BCUT2D eigenvalue weighted by atomic mass is 9.93. The van der Waals surface area contributed by atoms with Crippen molar-refractivity contribution in [3.63, 3.8) is 0 Å². The molecule has 31 heavy (non-hydrogen) atoms. The maximum atomic E-state index is 13.0. The molecule has 0 fully saturated rings. The largest absolute Gasteiger partial charge is 0.493 e. The molecule has 1 aromatic heterocycles. The molecule has 3 aromatic rings. The number of hydrogen-bond donors (Lipinski definition) is 1. The molecule has 162 valence electrons. The van der Waals surface area contributed by atoms with Crippen molar-refractivity contribution in [2.24, 2.45) is 5.41 Å². The lowest BCUT2D eigenvalue weighted by molar-refractivity contribution is -0.127.